The van der Waals surface area contributed by atoms with Gasteiger partial charge in [0.1, 0.15) is 0 Å². The van der Waals surface area contributed by atoms with Gasteiger partial charge in [-0.2, -0.15) is 5.10 Å². The summed E-state index contributed by atoms with van der Waals surface area (Å²) in [6.45, 7) is 2.56. The Morgan fingerprint density at radius 2 is 2.22 bits per heavy atom. The van der Waals surface area contributed by atoms with E-state index in [-0.39, 0.29) is 5.97 Å². The Hall–Kier alpha value is -2.30. The van der Waals surface area contributed by atoms with Crippen molar-refractivity contribution in [2.45, 2.75) is 13.5 Å². The van der Waals surface area contributed by atoms with E-state index in [0.717, 1.165) is 16.9 Å². The van der Waals surface area contributed by atoms with Crippen LogP contribution in [0.4, 0.5) is 5.69 Å². The second-order valence-electron chi connectivity index (χ2n) is 3.91. The predicted octanol–water partition coefficient (Wildman–Crippen LogP) is 2.12. The van der Waals surface area contributed by atoms with Gasteiger partial charge in [0.25, 0.3) is 0 Å². The molecule has 5 nitrogen and oxygen atoms in total. The molecule has 18 heavy (non-hydrogen) atoms. The standard InChI is InChI=1S/C13H15N3O2/c1-9-10(8-15-16-9)7-14-12-6-4-3-5-11(12)13(17)18-2/h3-6,8,14H,7H2,1-2H3,(H,15,16). The molecule has 1 aromatic carbocycles. The fourth-order valence-corrected chi connectivity index (χ4v) is 1.67. The highest BCUT2D eigenvalue weighted by molar-refractivity contribution is 5.95. The first kappa shape index (κ1) is 12.2. The normalized spacial score (nSPS) is 10.1. The first-order chi connectivity index (χ1) is 8.72. The highest BCUT2D eigenvalue weighted by Crippen LogP contribution is 2.17. The van der Waals surface area contributed by atoms with Crippen molar-refractivity contribution in [2.24, 2.45) is 0 Å². The van der Waals surface area contributed by atoms with Crippen molar-refractivity contribution in [1.82, 2.24) is 10.2 Å². The third kappa shape index (κ3) is 2.51. The van der Waals surface area contributed by atoms with Crippen molar-refractivity contribution in [3.8, 4) is 0 Å². The van der Waals surface area contributed by atoms with Gasteiger partial charge in [-0.05, 0) is 19.1 Å². The van der Waals surface area contributed by atoms with Crippen molar-refractivity contribution < 1.29 is 9.53 Å². The van der Waals surface area contributed by atoms with Crippen LogP contribution < -0.4 is 5.32 Å². The van der Waals surface area contributed by atoms with Gasteiger partial charge in [0.15, 0.2) is 0 Å². The number of aryl methyl sites for hydroxylation is 1. The lowest BCUT2D eigenvalue weighted by molar-refractivity contribution is 0.0602. The number of aromatic amines is 1. The Labute approximate surface area is 105 Å². The number of hydrogen-bond donors (Lipinski definition) is 2. The summed E-state index contributed by atoms with van der Waals surface area (Å²) in [5, 5.41) is 10.0. The molecule has 0 amide bonds. The second kappa shape index (κ2) is 5.35. The quantitative estimate of drug-likeness (QED) is 0.810. The summed E-state index contributed by atoms with van der Waals surface area (Å²) < 4.78 is 4.74. The monoisotopic (exact) mass is 245 g/mol. The van der Waals surface area contributed by atoms with E-state index in [1.807, 2.05) is 19.1 Å². The number of para-hydroxylation sites is 1. The molecule has 0 spiro atoms. The molecule has 0 atom stereocenters. The highest BCUT2D eigenvalue weighted by atomic mass is 16.5. The Kier molecular flexibility index (Phi) is 3.62. The molecule has 2 rings (SSSR count). The number of benzene rings is 1. The van der Waals surface area contributed by atoms with Crippen LogP contribution in [0.3, 0.4) is 0 Å². The zero-order valence-corrected chi connectivity index (χ0v) is 10.4. The van der Waals surface area contributed by atoms with Crippen molar-refractivity contribution in [2.75, 3.05) is 12.4 Å². The highest BCUT2D eigenvalue weighted by Gasteiger charge is 2.10. The fraction of sp³-hybridized carbons (Fsp3) is 0.231. The van der Waals surface area contributed by atoms with Crippen LogP contribution in [-0.4, -0.2) is 23.3 Å². The summed E-state index contributed by atoms with van der Waals surface area (Å²) in [6, 6.07) is 7.26. The molecule has 0 aliphatic rings. The van der Waals surface area contributed by atoms with Gasteiger partial charge >= 0.3 is 5.97 Å². The summed E-state index contributed by atoms with van der Waals surface area (Å²) in [7, 11) is 1.37. The van der Waals surface area contributed by atoms with Crippen LogP contribution in [0.1, 0.15) is 21.6 Å². The lowest BCUT2D eigenvalue weighted by Crippen LogP contribution is -2.08. The van der Waals surface area contributed by atoms with E-state index in [4.69, 9.17) is 4.74 Å². The molecule has 94 valence electrons. The van der Waals surface area contributed by atoms with E-state index in [9.17, 15) is 4.79 Å². The summed E-state index contributed by atoms with van der Waals surface area (Å²) in [4.78, 5) is 11.6. The summed E-state index contributed by atoms with van der Waals surface area (Å²) in [5.74, 6) is -0.345. The molecular weight excluding hydrogens is 230 g/mol. The number of esters is 1. The molecule has 2 aromatic rings. The molecule has 0 aliphatic heterocycles. The molecule has 2 N–H and O–H groups in total. The van der Waals surface area contributed by atoms with Crippen molar-refractivity contribution in [3.63, 3.8) is 0 Å². The molecule has 5 heteroatoms. The SMILES string of the molecule is COC(=O)c1ccccc1NCc1cn[nH]c1C. The van der Waals surface area contributed by atoms with Crippen LogP contribution in [0.2, 0.25) is 0 Å². The minimum absolute atomic E-state index is 0.345. The van der Waals surface area contributed by atoms with Crippen LogP contribution in [0, 0.1) is 6.92 Å². The summed E-state index contributed by atoms with van der Waals surface area (Å²) in [5.41, 5.74) is 3.36. The molecule has 0 radical (unpaired) electrons. The van der Waals surface area contributed by atoms with Gasteiger partial charge in [-0.1, -0.05) is 12.1 Å². The number of nitrogens with one attached hydrogen (secondary N) is 2. The first-order valence-corrected chi connectivity index (χ1v) is 5.62. The van der Waals surface area contributed by atoms with Gasteiger partial charge in [0.2, 0.25) is 0 Å². The van der Waals surface area contributed by atoms with Gasteiger partial charge in [-0.15, -0.1) is 0 Å². The number of methoxy groups -OCH3 is 1. The minimum atomic E-state index is -0.345. The summed E-state index contributed by atoms with van der Waals surface area (Å²) in [6.07, 6.45) is 1.77. The van der Waals surface area contributed by atoms with Gasteiger partial charge < -0.3 is 10.1 Å². The Bertz CT molecular complexity index is 549. The number of ether oxygens (including phenoxy) is 1. The summed E-state index contributed by atoms with van der Waals surface area (Å²) >= 11 is 0. The largest absolute Gasteiger partial charge is 0.465 e. The molecule has 0 bridgehead atoms. The third-order valence-corrected chi connectivity index (χ3v) is 2.74. The molecule has 0 aliphatic carbocycles. The number of carbonyl (C=O) groups excluding carboxylic acids is 1. The van der Waals surface area contributed by atoms with Crippen molar-refractivity contribution in [3.05, 3.63) is 47.3 Å². The Balaban J connectivity index is 2.14. The lowest BCUT2D eigenvalue weighted by Gasteiger charge is -2.10. The maximum atomic E-state index is 11.6. The number of nitrogens with zero attached hydrogens (tertiary/aromatic N) is 1. The smallest absolute Gasteiger partial charge is 0.339 e. The van der Waals surface area contributed by atoms with E-state index < -0.39 is 0 Å². The zero-order valence-electron chi connectivity index (χ0n) is 10.4. The number of anilines is 1. The van der Waals surface area contributed by atoms with Gasteiger partial charge in [0.05, 0.1) is 18.9 Å². The van der Waals surface area contributed by atoms with Crippen LogP contribution in [0.5, 0.6) is 0 Å². The number of hydrogen-bond acceptors (Lipinski definition) is 4. The number of H-pyrrole nitrogens is 1. The molecule has 1 aromatic heterocycles. The van der Waals surface area contributed by atoms with Gasteiger partial charge in [-0.25, -0.2) is 4.79 Å². The Morgan fingerprint density at radius 1 is 1.44 bits per heavy atom. The predicted molar refractivity (Wildman–Crippen MR) is 68.4 cm³/mol. The zero-order chi connectivity index (χ0) is 13.0. The third-order valence-electron chi connectivity index (χ3n) is 2.74. The van der Waals surface area contributed by atoms with E-state index in [2.05, 4.69) is 15.5 Å². The molecule has 0 saturated carbocycles. The van der Waals surface area contributed by atoms with Crippen LogP contribution in [-0.2, 0) is 11.3 Å². The minimum Gasteiger partial charge on any atom is -0.465 e. The molecule has 0 unspecified atom stereocenters. The van der Waals surface area contributed by atoms with E-state index in [1.165, 1.54) is 7.11 Å². The van der Waals surface area contributed by atoms with Crippen LogP contribution in [0.25, 0.3) is 0 Å². The number of carbonyl (C=O) groups is 1. The van der Waals surface area contributed by atoms with E-state index >= 15 is 0 Å². The fourth-order valence-electron chi connectivity index (χ4n) is 1.67. The van der Waals surface area contributed by atoms with Gasteiger partial charge in [-0.3, -0.25) is 5.10 Å². The molecule has 0 saturated heterocycles. The average Bonchev–Trinajstić information content (AvgIpc) is 2.81. The van der Waals surface area contributed by atoms with Gasteiger partial charge in [0, 0.05) is 23.5 Å². The van der Waals surface area contributed by atoms with E-state index in [0.29, 0.717) is 12.1 Å². The molecule has 0 fully saturated rings. The maximum absolute atomic E-state index is 11.6. The van der Waals surface area contributed by atoms with E-state index in [1.54, 1.807) is 18.3 Å². The second-order valence-corrected chi connectivity index (χ2v) is 3.91. The molecular formula is C13H15N3O2. The maximum Gasteiger partial charge on any atom is 0.339 e. The number of rotatable bonds is 4. The topological polar surface area (TPSA) is 67.0 Å². The van der Waals surface area contributed by atoms with Crippen LogP contribution >= 0.6 is 0 Å². The average molecular weight is 245 g/mol. The lowest BCUT2D eigenvalue weighted by atomic mass is 10.1. The number of aromatic nitrogens is 2. The van der Waals surface area contributed by atoms with Crippen molar-refractivity contribution >= 4 is 11.7 Å². The van der Waals surface area contributed by atoms with Crippen molar-refractivity contribution in [1.29, 1.82) is 0 Å². The van der Waals surface area contributed by atoms with Crippen LogP contribution in [0.15, 0.2) is 30.5 Å². The first-order valence-electron chi connectivity index (χ1n) is 5.62. The Morgan fingerprint density at radius 3 is 2.89 bits per heavy atom. The molecule has 1 heterocycles.